The molecule has 0 radical (unpaired) electrons. The molecule has 2 aromatic rings. The molecule has 0 bridgehead atoms. The summed E-state index contributed by atoms with van der Waals surface area (Å²) in [5.41, 5.74) is 1.16. The van der Waals surface area contributed by atoms with E-state index in [1.54, 1.807) is 11.3 Å². The summed E-state index contributed by atoms with van der Waals surface area (Å²) < 4.78 is 3.00. The fraction of sp³-hybridized carbons (Fsp3) is 0.0909. The lowest BCUT2D eigenvalue weighted by Gasteiger charge is -2.06. The van der Waals surface area contributed by atoms with Gasteiger partial charge in [-0.3, -0.25) is 0 Å². The Morgan fingerprint density at radius 2 is 2.12 bits per heavy atom. The van der Waals surface area contributed by atoms with Crippen LogP contribution in [-0.4, -0.2) is 0 Å². The predicted octanol–water partition coefficient (Wildman–Crippen LogP) is 5.38. The van der Waals surface area contributed by atoms with Gasteiger partial charge in [0.05, 0.1) is 0 Å². The van der Waals surface area contributed by atoms with Crippen LogP contribution in [0.4, 0.5) is 5.69 Å². The van der Waals surface area contributed by atoms with Gasteiger partial charge in [0.15, 0.2) is 0 Å². The summed E-state index contributed by atoms with van der Waals surface area (Å²) >= 11 is 13.3. The number of nitrogens with one attached hydrogen (secondary N) is 1. The van der Waals surface area contributed by atoms with Crippen molar-refractivity contribution < 1.29 is 0 Å². The van der Waals surface area contributed by atoms with Crippen LogP contribution < -0.4 is 5.32 Å². The molecule has 1 heterocycles. The first-order chi connectivity index (χ1) is 7.66. The van der Waals surface area contributed by atoms with Crippen LogP contribution in [0.3, 0.4) is 0 Å². The molecule has 0 fully saturated rings. The second-order valence-electron chi connectivity index (χ2n) is 3.17. The SMILES string of the molecule is Clc1sc(CNc2ccccc2I)cc1Br. The van der Waals surface area contributed by atoms with E-state index >= 15 is 0 Å². The summed E-state index contributed by atoms with van der Waals surface area (Å²) in [6.45, 7) is 0.802. The molecule has 0 amide bonds. The second-order valence-corrected chi connectivity index (χ2v) is 6.92. The highest BCUT2D eigenvalue weighted by atomic mass is 127. The normalized spacial score (nSPS) is 10.4. The smallest absolute Gasteiger partial charge is 0.107 e. The average molecular weight is 429 g/mol. The zero-order valence-electron chi connectivity index (χ0n) is 8.14. The molecule has 5 heteroatoms. The number of para-hydroxylation sites is 1. The lowest BCUT2D eigenvalue weighted by molar-refractivity contribution is 1.19. The van der Waals surface area contributed by atoms with Crippen molar-refractivity contribution in [2.24, 2.45) is 0 Å². The Morgan fingerprint density at radius 3 is 2.75 bits per heavy atom. The highest BCUT2D eigenvalue weighted by Crippen LogP contribution is 2.32. The van der Waals surface area contributed by atoms with Crippen molar-refractivity contribution in [3.05, 3.63) is 47.6 Å². The van der Waals surface area contributed by atoms with Gasteiger partial charge in [0, 0.05) is 25.2 Å². The van der Waals surface area contributed by atoms with E-state index < -0.39 is 0 Å². The molecule has 2 rings (SSSR count). The van der Waals surface area contributed by atoms with Crippen molar-refractivity contribution in [1.29, 1.82) is 0 Å². The third-order valence-electron chi connectivity index (χ3n) is 2.02. The Balaban J connectivity index is 2.05. The van der Waals surface area contributed by atoms with E-state index in [4.69, 9.17) is 11.6 Å². The Morgan fingerprint density at radius 1 is 1.38 bits per heavy atom. The molecule has 0 atom stereocenters. The van der Waals surface area contributed by atoms with E-state index in [0.29, 0.717) is 0 Å². The monoisotopic (exact) mass is 427 g/mol. The maximum absolute atomic E-state index is 5.98. The molecule has 1 aromatic carbocycles. The van der Waals surface area contributed by atoms with Gasteiger partial charge in [0.1, 0.15) is 4.34 Å². The third kappa shape index (κ3) is 3.12. The topological polar surface area (TPSA) is 12.0 Å². The molecule has 0 saturated heterocycles. The molecule has 0 aliphatic heterocycles. The van der Waals surface area contributed by atoms with Crippen LogP contribution in [0.5, 0.6) is 0 Å². The molecule has 0 spiro atoms. The summed E-state index contributed by atoms with van der Waals surface area (Å²) in [5.74, 6) is 0. The van der Waals surface area contributed by atoms with Crippen molar-refractivity contribution in [3.8, 4) is 0 Å². The highest BCUT2D eigenvalue weighted by Gasteiger charge is 2.04. The molecule has 1 nitrogen and oxygen atoms in total. The first-order valence-corrected chi connectivity index (χ1v) is 7.65. The number of thiophene rings is 1. The van der Waals surface area contributed by atoms with Crippen LogP contribution in [0.2, 0.25) is 4.34 Å². The van der Waals surface area contributed by atoms with Gasteiger partial charge >= 0.3 is 0 Å². The van der Waals surface area contributed by atoms with Gasteiger partial charge in [-0.05, 0) is 56.7 Å². The number of rotatable bonds is 3. The predicted molar refractivity (Wildman–Crippen MR) is 83.5 cm³/mol. The highest BCUT2D eigenvalue weighted by molar-refractivity contribution is 14.1. The standard InChI is InChI=1S/C11H8BrClINS/c12-8-5-7(16-11(8)13)6-15-10-4-2-1-3-9(10)14/h1-5,15H,6H2. The molecule has 0 aliphatic carbocycles. The molecule has 16 heavy (non-hydrogen) atoms. The van der Waals surface area contributed by atoms with Gasteiger partial charge in [0.2, 0.25) is 0 Å². The molecule has 0 aliphatic rings. The van der Waals surface area contributed by atoms with Gasteiger partial charge in [-0.1, -0.05) is 23.7 Å². The molecule has 0 saturated carbocycles. The lowest BCUT2D eigenvalue weighted by atomic mass is 10.3. The summed E-state index contributed by atoms with van der Waals surface area (Å²) in [6.07, 6.45) is 0. The van der Waals surface area contributed by atoms with Gasteiger partial charge < -0.3 is 5.32 Å². The van der Waals surface area contributed by atoms with E-state index in [1.807, 2.05) is 12.1 Å². The first kappa shape index (κ1) is 12.7. The summed E-state index contributed by atoms with van der Waals surface area (Å²) in [5, 5.41) is 3.39. The van der Waals surface area contributed by atoms with E-state index in [9.17, 15) is 0 Å². The minimum absolute atomic E-state index is 0.802. The maximum atomic E-state index is 5.98. The van der Waals surface area contributed by atoms with Crippen LogP contribution in [0.15, 0.2) is 34.8 Å². The number of halogens is 3. The van der Waals surface area contributed by atoms with E-state index in [1.165, 1.54) is 8.45 Å². The quantitative estimate of drug-likeness (QED) is 0.647. The maximum Gasteiger partial charge on any atom is 0.107 e. The van der Waals surface area contributed by atoms with Crippen molar-refractivity contribution >= 4 is 67.1 Å². The molecule has 84 valence electrons. The number of benzene rings is 1. The van der Waals surface area contributed by atoms with Crippen molar-refractivity contribution in [2.75, 3.05) is 5.32 Å². The van der Waals surface area contributed by atoms with Crippen molar-refractivity contribution in [3.63, 3.8) is 0 Å². The lowest BCUT2D eigenvalue weighted by Crippen LogP contribution is -1.98. The molecule has 0 unspecified atom stereocenters. The van der Waals surface area contributed by atoms with Gasteiger partial charge in [-0.15, -0.1) is 11.3 Å². The molecule has 1 aromatic heterocycles. The van der Waals surface area contributed by atoms with Crippen molar-refractivity contribution in [2.45, 2.75) is 6.54 Å². The Labute approximate surface area is 125 Å². The van der Waals surface area contributed by atoms with Crippen LogP contribution in [0, 0.1) is 3.57 Å². The fourth-order valence-electron chi connectivity index (χ4n) is 1.27. The Bertz CT molecular complexity index is 481. The summed E-state index contributed by atoms with van der Waals surface area (Å²) in [4.78, 5) is 1.22. The fourth-order valence-corrected chi connectivity index (χ4v) is 3.57. The molecule has 1 N–H and O–H groups in total. The van der Waals surface area contributed by atoms with Gasteiger partial charge in [0.25, 0.3) is 0 Å². The minimum atomic E-state index is 0.802. The average Bonchev–Trinajstić information content (AvgIpc) is 2.57. The molecular formula is C11H8BrClINS. The van der Waals surface area contributed by atoms with Crippen LogP contribution in [-0.2, 0) is 6.54 Å². The van der Waals surface area contributed by atoms with Gasteiger partial charge in [-0.25, -0.2) is 0 Å². The third-order valence-corrected chi connectivity index (χ3v) is 5.44. The van der Waals surface area contributed by atoms with E-state index in [0.717, 1.165) is 21.0 Å². The van der Waals surface area contributed by atoms with Crippen LogP contribution >= 0.6 is 61.5 Å². The second kappa shape index (κ2) is 5.71. The summed E-state index contributed by atoms with van der Waals surface area (Å²) in [7, 11) is 0. The van der Waals surface area contributed by atoms with Crippen molar-refractivity contribution in [1.82, 2.24) is 0 Å². The number of anilines is 1. The zero-order chi connectivity index (χ0) is 11.5. The van der Waals surface area contributed by atoms with Crippen LogP contribution in [0.25, 0.3) is 0 Å². The zero-order valence-corrected chi connectivity index (χ0v) is 13.5. The number of hydrogen-bond donors (Lipinski definition) is 1. The molecular weight excluding hydrogens is 420 g/mol. The summed E-state index contributed by atoms with van der Waals surface area (Å²) in [6, 6.07) is 10.3. The Kier molecular flexibility index (Phi) is 4.52. The largest absolute Gasteiger partial charge is 0.379 e. The van der Waals surface area contributed by atoms with Crippen LogP contribution in [0.1, 0.15) is 4.88 Å². The van der Waals surface area contributed by atoms with E-state index in [2.05, 4.69) is 62.0 Å². The first-order valence-electron chi connectivity index (χ1n) is 4.59. The minimum Gasteiger partial charge on any atom is -0.379 e. The number of hydrogen-bond acceptors (Lipinski definition) is 2. The van der Waals surface area contributed by atoms with Gasteiger partial charge in [-0.2, -0.15) is 0 Å². The van der Waals surface area contributed by atoms with E-state index in [-0.39, 0.29) is 0 Å². The Hall–Kier alpha value is 0.220.